The van der Waals surface area contributed by atoms with E-state index < -0.39 is 12.6 Å². The Balaban J connectivity index is 1.49. The monoisotopic (exact) mass is 398 g/mol. The zero-order chi connectivity index (χ0) is 20.8. The number of benzene rings is 3. The van der Waals surface area contributed by atoms with E-state index in [0.29, 0.717) is 11.7 Å². The van der Waals surface area contributed by atoms with Gasteiger partial charge >= 0.3 is 0 Å². The van der Waals surface area contributed by atoms with Gasteiger partial charge < -0.3 is 19.2 Å². The van der Waals surface area contributed by atoms with E-state index in [0.717, 1.165) is 30.3 Å². The minimum absolute atomic E-state index is 0.358. The summed E-state index contributed by atoms with van der Waals surface area (Å²) >= 11 is 0. The minimum Gasteiger partial charge on any atom is -0.546 e. The largest absolute Gasteiger partial charge is 0.546 e. The lowest BCUT2D eigenvalue weighted by Crippen LogP contribution is -2.28. The van der Waals surface area contributed by atoms with Crippen molar-refractivity contribution in [1.82, 2.24) is 4.57 Å². The molecule has 1 heterocycles. The molecule has 0 aliphatic heterocycles. The van der Waals surface area contributed by atoms with Gasteiger partial charge in [-0.25, -0.2) is 0 Å². The summed E-state index contributed by atoms with van der Waals surface area (Å²) in [5.74, 6) is -0.294. The molecule has 0 amide bonds. The minimum atomic E-state index is -1.22. The Morgan fingerprint density at radius 3 is 2.17 bits per heavy atom. The molecule has 4 nitrogen and oxygen atoms in total. The summed E-state index contributed by atoms with van der Waals surface area (Å²) in [6.07, 6.45) is 4.09. The van der Waals surface area contributed by atoms with Gasteiger partial charge in [-0.2, -0.15) is 0 Å². The molecule has 1 aromatic heterocycles. The van der Waals surface area contributed by atoms with Gasteiger partial charge in [0, 0.05) is 24.0 Å². The number of aryl methyl sites for hydroxylation is 1. The molecule has 3 aromatic carbocycles. The fourth-order valence-electron chi connectivity index (χ4n) is 4.01. The Hall–Kier alpha value is -3.53. The van der Waals surface area contributed by atoms with Crippen LogP contribution in [0.15, 0.2) is 91.1 Å². The first-order chi connectivity index (χ1) is 14.7. The Morgan fingerprint density at radius 1 is 0.867 bits per heavy atom. The predicted molar refractivity (Wildman–Crippen MR) is 116 cm³/mol. The van der Waals surface area contributed by atoms with Crippen LogP contribution in [0.4, 0.5) is 0 Å². The van der Waals surface area contributed by atoms with Crippen molar-refractivity contribution in [1.29, 1.82) is 0 Å². The molecule has 0 bridgehead atoms. The highest BCUT2D eigenvalue weighted by Crippen LogP contribution is 2.31. The number of carboxylic acid groups (broad SMARTS) is 1. The van der Waals surface area contributed by atoms with Crippen molar-refractivity contribution in [3.63, 3.8) is 0 Å². The summed E-state index contributed by atoms with van der Waals surface area (Å²) in [6.45, 7) is 0.434. The summed E-state index contributed by atoms with van der Waals surface area (Å²) < 4.78 is 7.58. The van der Waals surface area contributed by atoms with Gasteiger partial charge in [0.15, 0.2) is 0 Å². The van der Waals surface area contributed by atoms with Crippen molar-refractivity contribution in [3.8, 4) is 5.75 Å². The number of aliphatic carboxylic acids is 1. The zero-order valence-corrected chi connectivity index (χ0v) is 16.7. The maximum absolute atomic E-state index is 10.7. The van der Waals surface area contributed by atoms with Crippen molar-refractivity contribution in [3.05, 3.63) is 102 Å². The van der Waals surface area contributed by atoms with Crippen molar-refractivity contribution < 1.29 is 14.6 Å². The summed E-state index contributed by atoms with van der Waals surface area (Å²) in [5, 5.41) is 11.6. The van der Waals surface area contributed by atoms with Crippen LogP contribution < -0.4 is 9.84 Å². The summed E-state index contributed by atoms with van der Waals surface area (Å²) in [5.41, 5.74) is 3.71. The van der Waals surface area contributed by atoms with E-state index in [1.165, 1.54) is 11.1 Å². The third-order valence-electron chi connectivity index (χ3n) is 5.41. The van der Waals surface area contributed by atoms with Crippen LogP contribution >= 0.6 is 0 Å². The number of ether oxygens (including phenoxy) is 1. The van der Waals surface area contributed by atoms with Gasteiger partial charge in [0.2, 0.25) is 0 Å². The molecular formula is C26H24NO3-. The second kappa shape index (κ2) is 9.31. The van der Waals surface area contributed by atoms with Crippen molar-refractivity contribution in [2.45, 2.75) is 25.3 Å². The topological polar surface area (TPSA) is 54.3 Å². The quantitative estimate of drug-likeness (QED) is 0.420. The van der Waals surface area contributed by atoms with Gasteiger partial charge in [-0.1, -0.05) is 66.7 Å². The van der Waals surface area contributed by atoms with E-state index in [4.69, 9.17) is 4.74 Å². The molecule has 0 atom stereocenters. The molecule has 0 aliphatic carbocycles. The zero-order valence-electron chi connectivity index (χ0n) is 16.7. The molecule has 0 unspecified atom stereocenters. The predicted octanol–water partition coefficient (Wildman–Crippen LogP) is 4.38. The number of aromatic nitrogens is 1. The number of carboxylic acids is 1. The van der Waals surface area contributed by atoms with Crippen LogP contribution in [0.2, 0.25) is 0 Å². The number of carbonyl (C=O) groups is 1. The van der Waals surface area contributed by atoms with Crippen molar-refractivity contribution in [2.75, 3.05) is 6.61 Å². The maximum Gasteiger partial charge on any atom is 0.129 e. The van der Waals surface area contributed by atoms with Crippen LogP contribution in [-0.2, 0) is 11.3 Å². The van der Waals surface area contributed by atoms with Crippen LogP contribution in [0, 0.1) is 0 Å². The SMILES string of the molecule is O=C([O-])COc1cccc2c1ccn2CCCC(c1ccccc1)c1ccccc1. The molecule has 4 aromatic rings. The molecule has 0 saturated carbocycles. The summed E-state index contributed by atoms with van der Waals surface area (Å²) in [6, 6.07) is 29.0. The highest BCUT2D eigenvalue weighted by atomic mass is 16.5. The van der Waals surface area contributed by atoms with Crippen molar-refractivity contribution in [2.24, 2.45) is 0 Å². The van der Waals surface area contributed by atoms with E-state index in [-0.39, 0.29) is 0 Å². The normalized spacial score (nSPS) is 11.1. The first kappa shape index (κ1) is 19.8. The summed E-state index contributed by atoms with van der Waals surface area (Å²) in [7, 11) is 0. The highest BCUT2D eigenvalue weighted by molar-refractivity contribution is 5.86. The lowest BCUT2D eigenvalue weighted by atomic mass is 9.87. The first-order valence-corrected chi connectivity index (χ1v) is 10.2. The number of rotatable bonds is 9. The number of hydrogen-bond donors (Lipinski definition) is 0. The standard InChI is InChI=1S/C26H25NO3/c28-26(29)19-30-25-15-7-14-24-23(25)16-18-27(24)17-8-13-22(20-9-3-1-4-10-20)21-11-5-2-6-12-21/h1-7,9-12,14-16,18,22H,8,13,17,19H2,(H,28,29)/p-1. The second-order valence-electron chi connectivity index (χ2n) is 7.37. The van der Waals surface area contributed by atoms with Gasteiger partial charge in [-0.15, -0.1) is 0 Å². The average molecular weight is 398 g/mol. The van der Waals surface area contributed by atoms with Gasteiger partial charge in [-0.05, 0) is 42.2 Å². The smallest absolute Gasteiger partial charge is 0.129 e. The van der Waals surface area contributed by atoms with Crippen LogP contribution in [0.5, 0.6) is 5.75 Å². The number of hydrogen-bond acceptors (Lipinski definition) is 3. The number of carbonyl (C=O) groups excluding carboxylic acids is 1. The molecule has 4 rings (SSSR count). The van der Waals surface area contributed by atoms with E-state index in [9.17, 15) is 9.90 Å². The number of nitrogens with zero attached hydrogens (tertiary/aromatic N) is 1. The second-order valence-corrected chi connectivity index (χ2v) is 7.37. The summed E-state index contributed by atoms with van der Waals surface area (Å²) in [4.78, 5) is 10.7. The van der Waals surface area contributed by atoms with E-state index in [2.05, 4.69) is 65.2 Å². The molecular weight excluding hydrogens is 374 g/mol. The number of fused-ring (bicyclic) bond motifs is 1. The molecule has 4 heteroatoms. The van der Waals surface area contributed by atoms with E-state index >= 15 is 0 Å². The van der Waals surface area contributed by atoms with Crippen LogP contribution in [-0.4, -0.2) is 17.1 Å². The van der Waals surface area contributed by atoms with Gasteiger partial charge in [0.25, 0.3) is 0 Å². The fraction of sp³-hybridized carbons (Fsp3) is 0.192. The van der Waals surface area contributed by atoms with Crippen LogP contribution in [0.3, 0.4) is 0 Å². The lowest BCUT2D eigenvalue weighted by molar-refractivity contribution is -0.307. The Kier molecular flexibility index (Phi) is 6.14. The Bertz CT molecular complexity index is 1060. The first-order valence-electron chi connectivity index (χ1n) is 10.2. The molecule has 0 spiro atoms. The molecule has 0 aliphatic rings. The Morgan fingerprint density at radius 2 is 1.53 bits per heavy atom. The van der Waals surface area contributed by atoms with Crippen LogP contribution in [0.25, 0.3) is 10.9 Å². The Labute approximate surface area is 176 Å². The molecule has 0 radical (unpaired) electrons. The fourth-order valence-corrected chi connectivity index (χ4v) is 4.01. The lowest BCUT2D eigenvalue weighted by Gasteiger charge is -2.18. The molecule has 0 saturated heterocycles. The van der Waals surface area contributed by atoms with E-state index in [1.807, 2.05) is 24.4 Å². The van der Waals surface area contributed by atoms with Gasteiger partial charge in [0.1, 0.15) is 12.4 Å². The van der Waals surface area contributed by atoms with Gasteiger partial charge in [-0.3, -0.25) is 0 Å². The third kappa shape index (κ3) is 4.54. The van der Waals surface area contributed by atoms with Gasteiger partial charge in [0.05, 0.1) is 11.5 Å². The highest BCUT2D eigenvalue weighted by Gasteiger charge is 2.14. The maximum atomic E-state index is 10.7. The molecule has 0 fully saturated rings. The molecule has 152 valence electrons. The van der Waals surface area contributed by atoms with E-state index in [1.54, 1.807) is 6.07 Å². The molecule has 0 N–H and O–H groups in total. The van der Waals surface area contributed by atoms with Crippen LogP contribution in [0.1, 0.15) is 29.9 Å². The molecule has 30 heavy (non-hydrogen) atoms. The van der Waals surface area contributed by atoms with Crippen molar-refractivity contribution >= 4 is 16.9 Å². The third-order valence-corrected chi connectivity index (χ3v) is 5.41. The average Bonchev–Trinajstić information content (AvgIpc) is 3.20.